The molecule has 2 atom stereocenters. The molecule has 1 aromatic carbocycles. The second-order valence-corrected chi connectivity index (χ2v) is 6.00. The molecule has 0 bridgehead atoms. The highest BCUT2D eigenvalue weighted by atomic mass is 35.5. The van der Waals surface area contributed by atoms with E-state index in [4.69, 9.17) is 11.6 Å². The van der Waals surface area contributed by atoms with E-state index in [-0.39, 0.29) is 28.6 Å². The average Bonchev–Trinajstić information content (AvgIpc) is 2.39. The number of hydrogen-bond acceptors (Lipinski definition) is 3. The first-order valence-corrected chi connectivity index (χ1v) is 7.54. The second-order valence-electron chi connectivity index (χ2n) is 5.59. The summed E-state index contributed by atoms with van der Waals surface area (Å²) < 4.78 is 13.8. The summed E-state index contributed by atoms with van der Waals surface area (Å²) in [4.78, 5) is 10.8. The highest BCUT2D eigenvalue weighted by Crippen LogP contribution is 2.37. The van der Waals surface area contributed by atoms with Crippen LogP contribution in [0.4, 0.5) is 10.1 Å². The Morgan fingerprint density at radius 3 is 2.48 bits per heavy atom. The first-order chi connectivity index (χ1) is 9.79. The number of rotatable bonds is 7. The quantitative estimate of drug-likeness (QED) is 0.594. The van der Waals surface area contributed by atoms with E-state index in [1.807, 2.05) is 20.8 Å². The third-order valence-electron chi connectivity index (χ3n) is 3.60. The Balaban J connectivity index is 3.30. The minimum absolute atomic E-state index is 0.00391. The van der Waals surface area contributed by atoms with Crippen LogP contribution in [-0.4, -0.2) is 17.5 Å². The van der Waals surface area contributed by atoms with Crippen molar-refractivity contribution in [1.29, 1.82) is 0 Å². The first-order valence-electron chi connectivity index (χ1n) is 7.16. The van der Waals surface area contributed by atoms with E-state index in [0.717, 1.165) is 19.0 Å². The molecule has 0 aliphatic heterocycles. The molecule has 0 saturated heterocycles. The van der Waals surface area contributed by atoms with Gasteiger partial charge in [0, 0.05) is 23.6 Å². The van der Waals surface area contributed by atoms with E-state index in [2.05, 4.69) is 12.2 Å². The van der Waals surface area contributed by atoms with Crippen LogP contribution in [0.25, 0.3) is 0 Å². The van der Waals surface area contributed by atoms with E-state index in [1.165, 1.54) is 6.07 Å². The van der Waals surface area contributed by atoms with Gasteiger partial charge in [-0.2, -0.15) is 0 Å². The molecule has 0 spiro atoms. The SMILES string of the molecule is CCCNC(C)C(c1cc(F)c(Cl)cc1[N+](=O)[O-])C(C)C. The number of hydrogen-bond donors (Lipinski definition) is 1. The number of nitro benzene ring substituents is 1. The molecule has 0 aliphatic rings. The molecule has 2 unspecified atom stereocenters. The van der Waals surface area contributed by atoms with E-state index >= 15 is 0 Å². The largest absolute Gasteiger partial charge is 0.314 e. The Labute approximate surface area is 129 Å². The maximum absolute atomic E-state index is 13.8. The maximum atomic E-state index is 13.8. The van der Waals surface area contributed by atoms with Gasteiger partial charge in [-0.05, 0) is 31.9 Å². The second kappa shape index (κ2) is 7.71. The third-order valence-corrected chi connectivity index (χ3v) is 3.89. The molecule has 21 heavy (non-hydrogen) atoms. The molecule has 6 heteroatoms. The number of benzene rings is 1. The van der Waals surface area contributed by atoms with Gasteiger partial charge in [-0.15, -0.1) is 0 Å². The van der Waals surface area contributed by atoms with Gasteiger partial charge < -0.3 is 5.32 Å². The summed E-state index contributed by atoms with van der Waals surface area (Å²) in [5, 5.41) is 14.4. The summed E-state index contributed by atoms with van der Waals surface area (Å²) in [5.74, 6) is -0.655. The number of nitrogens with one attached hydrogen (secondary N) is 1. The summed E-state index contributed by atoms with van der Waals surface area (Å²) in [7, 11) is 0. The van der Waals surface area contributed by atoms with E-state index in [1.54, 1.807) is 0 Å². The Hall–Kier alpha value is -1.20. The van der Waals surface area contributed by atoms with Crippen LogP contribution >= 0.6 is 11.6 Å². The molecule has 4 nitrogen and oxygen atoms in total. The van der Waals surface area contributed by atoms with Crippen LogP contribution in [0.3, 0.4) is 0 Å². The van der Waals surface area contributed by atoms with Crippen molar-refractivity contribution in [2.24, 2.45) is 5.92 Å². The molecule has 0 aliphatic carbocycles. The standard InChI is InChI=1S/C15H22ClFN2O2/c1-5-6-18-10(4)15(9(2)3)11-7-13(17)12(16)8-14(11)19(20)21/h7-10,15,18H,5-6H2,1-4H3. The van der Waals surface area contributed by atoms with Crippen LogP contribution in [0, 0.1) is 21.8 Å². The van der Waals surface area contributed by atoms with Crippen molar-refractivity contribution in [2.75, 3.05) is 6.54 Å². The lowest BCUT2D eigenvalue weighted by Gasteiger charge is -2.28. The Morgan fingerprint density at radius 1 is 1.38 bits per heavy atom. The van der Waals surface area contributed by atoms with Gasteiger partial charge in [0.05, 0.1) is 9.95 Å². The van der Waals surface area contributed by atoms with Crippen molar-refractivity contribution in [3.05, 3.63) is 38.7 Å². The highest BCUT2D eigenvalue weighted by Gasteiger charge is 2.30. The molecule has 0 fully saturated rings. The summed E-state index contributed by atoms with van der Waals surface area (Å²) in [6.07, 6.45) is 0.965. The maximum Gasteiger partial charge on any atom is 0.274 e. The molecule has 0 aromatic heterocycles. The molecule has 1 aromatic rings. The van der Waals surface area contributed by atoms with Crippen LogP contribution < -0.4 is 5.32 Å². The Bertz CT molecular complexity index is 509. The molecule has 0 radical (unpaired) electrons. The predicted molar refractivity (Wildman–Crippen MR) is 83.4 cm³/mol. The summed E-state index contributed by atoms with van der Waals surface area (Å²) in [6.45, 7) is 8.79. The molecule has 1 N–H and O–H groups in total. The smallest absolute Gasteiger partial charge is 0.274 e. The van der Waals surface area contributed by atoms with E-state index < -0.39 is 10.7 Å². The molecule has 1 rings (SSSR count). The van der Waals surface area contributed by atoms with Crippen molar-refractivity contribution < 1.29 is 9.31 Å². The van der Waals surface area contributed by atoms with Gasteiger partial charge in [-0.25, -0.2) is 4.39 Å². The fraction of sp³-hybridized carbons (Fsp3) is 0.600. The van der Waals surface area contributed by atoms with Gasteiger partial charge in [-0.3, -0.25) is 10.1 Å². The Kier molecular flexibility index (Phi) is 6.55. The van der Waals surface area contributed by atoms with Crippen molar-refractivity contribution in [1.82, 2.24) is 5.32 Å². The van der Waals surface area contributed by atoms with Crippen LogP contribution in [0.1, 0.15) is 45.6 Å². The topological polar surface area (TPSA) is 55.2 Å². The summed E-state index contributed by atoms with van der Waals surface area (Å²) in [5.41, 5.74) is 0.276. The highest BCUT2D eigenvalue weighted by molar-refractivity contribution is 6.31. The van der Waals surface area contributed by atoms with Gasteiger partial charge in [0.1, 0.15) is 5.82 Å². The minimum atomic E-state index is -0.620. The summed E-state index contributed by atoms with van der Waals surface area (Å²) in [6, 6.07) is 2.31. The van der Waals surface area contributed by atoms with Crippen LogP contribution in [0.2, 0.25) is 5.02 Å². The van der Waals surface area contributed by atoms with Gasteiger partial charge in [0.15, 0.2) is 0 Å². The van der Waals surface area contributed by atoms with Gasteiger partial charge in [0.2, 0.25) is 0 Å². The molecular weight excluding hydrogens is 295 g/mol. The molecule has 0 amide bonds. The van der Waals surface area contributed by atoms with Crippen molar-refractivity contribution in [2.45, 2.75) is 46.1 Å². The van der Waals surface area contributed by atoms with E-state index in [0.29, 0.717) is 5.56 Å². The van der Waals surface area contributed by atoms with Gasteiger partial charge in [0.25, 0.3) is 5.69 Å². The summed E-state index contributed by atoms with van der Waals surface area (Å²) >= 11 is 5.68. The fourth-order valence-electron chi connectivity index (χ4n) is 2.68. The number of halogens is 2. The number of nitro groups is 1. The van der Waals surface area contributed by atoms with E-state index in [9.17, 15) is 14.5 Å². The molecule has 0 saturated carbocycles. The van der Waals surface area contributed by atoms with Gasteiger partial charge >= 0.3 is 0 Å². The Morgan fingerprint density at radius 2 is 2.00 bits per heavy atom. The van der Waals surface area contributed by atoms with Crippen LogP contribution in [0.5, 0.6) is 0 Å². The van der Waals surface area contributed by atoms with Crippen LogP contribution in [0.15, 0.2) is 12.1 Å². The lowest BCUT2D eigenvalue weighted by Crippen LogP contribution is -2.35. The normalized spacial score (nSPS) is 14.2. The minimum Gasteiger partial charge on any atom is -0.314 e. The van der Waals surface area contributed by atoms with Crippen molar-refractivity contribution >= 4 is 17.3 Å². The van der Waals surface area contributed by atoms with Crippen LogP contribution in [-0.2, 0) is 0 Å². The average molecular weight is 317 g/mol. The predicted octanol–water partition coefficient (Wildman–Crippen LogP) is 4.52. The fourth-order valence-corrected chi connectivity index (χ4v) is 2.84. The zero-order valence-corrected chi connectivity index (χ0v) is 13.6. The first kappa shape index (κ1) is 17.9. The lowest BCUT2D eigenvalue weighted by molar-refractivity contribution is -0.385. The monoisotopic (exact) mass is 316 g/mol. The zero-order valence-electron chi connectivity index (χ0n) is 12.8. The number of nitrogens with zero attached hydrogens (tertiary/aromatic N) is 1. The molecule has 118 valence electrons. The van der Waals surface area contributed by atoms with Crippen molar-refractivity contribution in [3.8, 4) is 0 Å². The zero-order chi connectivity index (χ0) is 16.2. The molecular formula is C15H22ClFN2O2. The van der Waals surface area contributed by atoms with Gasteiger partial charge in [-0.1, -0.05) is 32.4 Å². The lowest BCUT2D eigenvalue weighted by atomic mass is 9.82. The molecule has 0 heterocycles. The van der Waals surface area contributed by atoms with Crippen molar-refractivity contribution in [3.63, 3.8) is 0 Å². The third kappa shape index (κ3) is 4.38.